The SMILES string of the molecule is CC(C)COCCC(CO)Cc1ccccc1Br. The quantitative estimate of drug-likeness (QED) is 0.742. The van der Waals surface area contributed by atoms with Crippen LogP contribution in [0.15, 0.2) is 28.7 Å². The predicted octanol–water partition coefficient (Wildman–Crippen LogP) is 3.66. The summed E-state index contributed by atoms with van der Waals surface area (Å²) in [5.74, 6) is 0.844. The molecule has 0 heterocycles. The van der Waals surface area contributed by atoms with Crippen molar-refractivity contribution in [1.29, 1.82) is 0 Å². The normalized spacial score (nSPS) is 12.9. The molecule has 2 nitrogen and oxygen atoms in total. The summed E-state index contributed by atoms with van der Waals surface area (Å²) in [5, 5.41) is 9.42. The monoisotopic (exact) mass is 314 g/mol. The predicted molar refractivity (Wildman–Crippen MR) is 78.7 cm³/mol. The third-order valence-corrected chi connectivity index (χ3v) is 3.62. The molecule has 0 fully saturated rings. The van der Waals surface area contributed by atoms with Gasteiger partial charge in [0.15, 0.2) is 0 Å². The highest BCUT2D eigenvalue weighted by Gasteiger charge is 2.10. The van der Waals surface area contributed by atoms with Crippen molar-refractivity contribution in [2.45, 2.75) is 26.7 Å². The van der Waals surface area contributed by atoms with Gasteiger partial charge in [-0.1, -0.05) is 48.0 Å². The minimum Gasteiger partial charge on any atom is -0.396 e. The van der Waals surface area contributed by atoms with Crippen molar-refractivity contribution < 1.29 is 9.84 Å². The lowest BCUT2D eigenvalue weighted by Crippen LogP contribution is -2.14. The number of benzene rings is 1. The summed E-state index contributed by atoms with van der Waals surface area (Å²) < 4.78 is 6.69. The van der Waals surface area contributed by atoms with Gasteiger partial charge in [0.25, 0.3) is 0 Å². The zero-order valence-electron chi connectivity index (χ0n) is 11.2. The van der Waals surface area contributed by atoms with E-state index in [0.717, 1.165) is 30.5 Å². The molecule has 0 aliphatic carbocycles. The average Bonchev–Trinajstić information content (AvgIpc) is 2.35. The van der Waals surface area contributed by atoms with E-state index in [1.807, 2.05) is 18.2 Å². The fraction of sp³-hybridized carbons (Fsp3) is 0.600. The maximum absolute atomic E-state index is 9.42. The highest BCUT2D eigenvalue weighted by molar-refractivity contribution is 9.10. The second-order valence-corrected chi connectivity index (χ2v) is 5.96. The van der Waals surface area contributed by atoms with Gasteiger partial charge in [0.2, 0.25) is 0 Å². The van der Waals surface area contributed by atoms with E-state index in [2.05, 4.69) is 35.8 Å². The second-order valence-electron chi connectivity index (χ2n) is 5.10. The Bertz CT molecular complexity index is 339. The molecular formula is C15H23BrO2. The number of hydrogen-bond donors (Lipinski definition) is 1. The van der Waals surface area contributed by atoms with Gasteiger partial charge >= 0.3 is 0 Å². The van der Waals surface area contributed by atoms with E-state index in [0.29, 0.717) is 5.92 Å². The topological polar surface area (TPSA) is 29.5 Å². The minimum absolute atomic E-state index is 0.215. The number of ether oxygens (including phenoxy) is 1. The number of hydrogen-bond acceptors (Lipinski definition) is 2. The number of rotatable bonds is 8. The van der Waals surface area contributed by atoms with Gasteiger partial charge in [-0.05, 0) is 36.3 Å². The van der Waals surface area contributed by atoms with E-state index in [-0.39, 0.29) is 12.5 Å². The standard InChI is InChI=1S/C15H23BrO2/c1-12(2)11-18-8-7-13(10-17)9-14-5-3-4-6-15(14)16/h3-6,12-13,17H,7-11H2,1-2H3. The van der Waals surface area contributed by atoms with Crippen molar-refractivity contribution in [3.63, 3.8) is 0 Å². The minimum atomic E-state index is 0.215. The molecule has 18 heavy (non-hydrogen) atoms. The molecule has 1 atom stereocenters. The summed E-state index contributed by atoms with van der Waals surface area (Å²) in [5.41, 5.74) is 1.25. The lowest BCUT2D eigenvalue weighted by Gasteiger charge is -2.15. The zero-order valence-corrected chi connectivity index (χ0v) is 12.8. The van der Waals surface area contributed by atoms with Crippen molar-refractivity contribution >= 4 is 15.9 Å². The van der Waals surface area contributed by atoms with Crippen LogP contribution >= 0.6 is 15.9 Å². The van der Waals surface area contributed by atoms with Gasteiger partial charge in [-0.25, -0.2) is 0 Å². The average molecular weight is 315 g/mol. The zero-order chi connectivity index (χ0) is 13.4. The third-order valence-electron chi connectivity index (χ3n) is 2.85. The van der Waals surface area contributed by atoms with Crippen LogP contribution in [0.4, 0.5) is 0 Å². The fourth-order valence-corrected chi connectivity index (χ4v) is 2.25. The second kappa shape index (κ2) is 8.68. The maximum Gasteiger partial charge on any atom is 0.0488 e. The molecule has 0 spiro atoms. The Morgan fingerprint density at radius 1 is 1.28 bits per heavy atom. The van der Waals surface area contributed by atoms with Crippen LogP contribution < -0.4 is 0 Å². The van der Waals surface area contributed by atoms with Crippen molar-refractivity contribution in [2.75, 3.05) is 19.8 Å². The van der Waals surface area contributed by atoms with Gasteiger partial charge in [-0.2, -0.15) is 0 Å². The first-order valence-corrected chi connectivity index (χ1v) is 7.34. The van der Waals surface area contributed by atoms with Crippen LogP contribution in [0.25, 0.3) is 0 Å². The van der Waals surface area contributed by atoms with Gasteiger partial charge in [0.1, 0.15) is 0 Å². The highest BCUT2D eigenvalue weighted by atomic mass is 79.9. The first-order chi connectivity index (χ1) is 8.63. The molecule has 102 valence electrons. The molecule has 0 saturated heterocycles. The van der Waals surface area contributed by atoms with Crippen LogP contribution in [0.1, 0.15) is 25.8 Å². The van der Waals surface area contributed by atoms with Gasteiger partial charge in [0, 0.05) is 24.3 Å². The lowest BCUT2D eigenvalue weighted by molar-refractivity contribution is 0.0878. The van der Waals surface area contributed by atoms with E-state index in [9.17, 15) is 5.11 Å². The van der Waals surface area contributed by atoms with Crippen LogP contribution in [0.3, 0.4) is 0 Å². The Balaban J connectivity index is 2.36. The maximum atomic E-state index is 9.42. The van der Waals surface area contributed by atoms with E-state index < -0.39 is 0 Å². The Labute approximate surface area is 118 Å². The molecule has 0 aliphatic rings. The van der Waals surface area contributed by atoms with E-state index in [1.165, 1.54) is 5.56 Å². The van der Waals surface area contributed by atoms with Crippen LogP contribution in [0.5, 0.6) is 0 Å². The molecular weight excluding hydrogens is 292 g/mol. The molecule has 1 aromatic carbocycles. The van der Waals surface area contributed by atoms with Crippen molar-refractivity contribution in [3.05, 3.63) is 34.3 Å². The summed E-state index contributed by atoms with van der Waals surface area (Å²) in [6.07, 6.45) is 1.80. The Hall–Kier alpha value is -0.380. The molecule has 1 N–H and O–H groups in total. The van der Waals surface area contributed by atoms with Crippen LogP contribution in [-0.4, -0.2) is 24.9 Å². The molecule has 1 rings (SSSR count). The molecule has 0 aromatic heterocycles. The highest BCUT2D eigenvalue weighted by Crippen LogP contribution is 2.20. The van der Waals surface area contributed by atoms with Gasteiger partial charge in [-0.3, -0.25) is 0 Å². The van der Waals surface area contributed by atoms with Crippen molar-refractivity contribution in [2.24, 2.45) is 11.8 Å². The molecule has 0 saturated carbocycles. The van der Waals surface area contributed by atoms with Gasteiger partial charge in [-0.15, -0.1) is 0 Å². The van der Waals surface area contributed by atoms with E-state index in [1.54, 1.807) is 0 Å². The molecule has 3 heteroatoms. The fourth-order valence-electron chi connectivity index (χ4n) is 1.80. The largest absolute Gasteiger partial charge is 0.396 e. The Morgan fingerprint density at radius 2 is 2.00 bits per heavy atom. The molecule has 1 unspecified atom stereocenters. The van der Waals surface area contributed by atoms with Crippen LogP contribution in [0.2, 0.25) is 0 Å². The summed E-state index contributed by atoms with van der Waals surface area (Å²) in [7, 11) is 0. The summed E-state index contributed by atoms with van der Waals surface area (Å²) in [6, 6.07) is 8.18. The number of aliphatic hydroxyl groups is 1. The Morgan fingerprint density at radius 3 is 2.61 bits per heavy atom. The summed E-state index contributed by atoms with van der Waals surface area (Å²) in [6.45, 7) is 6.03. The number of aliphatic hydroxyl groups excluding tert-OH is 1. The first-order valence-electron chi connectivity index (χ1n) is 6.55. The summed E-state index contributed by atoms with van der Waals surface area (Å²) in [4.78, 5) is 0. The first kappa shape index (κ1) is 15.7. The summed E-state index contributed by atoms with van der Waals surface area (Å²) >= 11 is 3.54. The van der Waals surface area contributed by atoms with Gasteiger partial charge in [0.05, 0.1) is 0 Å². The smallest absolute Gasteiger partial charge is 0.0488 e. The third kappa shape index (κ3) is 5.98. The molecule has 0 amide bonds. The Kier molecular flexibility index (Phi) is 7.56. The molecule has 0 bridgehead atoms. The van der Waals surface area contributed by atoms with Crippen LogP contribution in [-0.2, 0) is 11.2 Å². The molecule has 0 radical (unpaired) electrons. The van der Waals surface area contributed by atoms with Crippen LogP contribution in [0, 0.1) is 11.8 Å². The molecule has 1 aromatic rings. The van der Waals surface area contributed by atoms with Gasteiger partial charge < -0.3 is 9.84 Å². The van der Waals surface area contributed by atoms with E-state index >= 15 is 0 Å². The number of halogens is 1. The van der Waals surface area contributed by atoms with Crippen molar-refractivity contribution in [3.8, 4) is 0 Å². The lowest BCUT2D eigenvalue weighted by atomic mass is 9.97. The van der Waals surface area contributed by atoms with E-state index in [4.69, 9.17) is 4.74 Å². The molecule has 0 aliphatic heterocycles. The van der Waals surface area contributed by atoms with Crippen molar-refractivity contribution in [1.82, 2.24) is 0 Å².